The lowest BCUT2D eigenvalue weighted by atomic mass is 10.3. The maximum absolute atomic E-state index is 12.3. The molecular formula is C12H11Br2N3O2S. The molecule has 0 saturated carbocycles. The molecule has 1 aromatic heterocycles. The van der Waals surface area contributed by atoms with Gasteiger partial charge in [-0.15, -0.1) is 0 Å². The average Bonchev–Trinajstić information content (AvgIpc) is 2.43. The summed E-state index contributed by atoms with van der Waals surface area (Å²) in [7, 11) is -1.95. The second-order valence-corrected chi connectivity index (χ2v) is 7.31. The van der Waals surface area contributed by atoms with Gasteiger partial charge in [-0.2, -0.15) is 0 Å². The molecule has 0 unspecified atom stereocenters. The van der Waals surface area contributed by atoms with Gasteiger partial charge in [-0.25, -0.2) is 13.4 Å². The van der Waals surface area contributed by atoms with Crippen molar-refractivity contribution >= 4 is 53.4 Å². The normalized spacial score (nSPS) is 11.2. The summed E-state index contributed by atoms with van der Waals surface area (Å²) in [5, 5.41) is 2.83. The van der Waals surface area contributed by atoms with Crippen LogP contribution in [0.5, 0.6) is 0 Å². The zero-order valence-electron chi connectivity index (χ0n) is 10.4. The molecule has 0 bridgehead atoms. The van der Waals surface area contributed by atoms with E-state index < -0.39 is 10.0 Å². The Morgan fingerprint density at radius 2 is 1.90 bits per heavy atom. The highest BCUT2D eigenvalue weighted by molar-refractivity contribution is 9.11. The lowest BCUT2D eigenvalue weighted by Crippen LogP contribution is -2.13. The Bertz CT molecular complexity index is 718. The number of rotatable bonds is 4. The first kappa shape index (κ1) is 15.3. The molecule has 0 aliphatic heterocycles. The third kappa shape index (κ3) is 3.50. The van der Waals surface area contributed by atoms with Gasteiger partial charge in [0.15, 0.2) is 0 Å². The Morgan fingerprint density at radius 3 is 2.50 bits per heavy atom. The SMILES string of the molecule is CNc1ccc(S(=O)(=O)Nc2cc(Br)ccc2Br)cn1. The zero-order chi connectivity index (χ0) is 14.8. The van der Waals surface area contributed by atoms with Gasteiger partial charge >= 0.3 is 0 Å². The highest BCUT2D eigenvalue weighted by Crippen LogP contribution is 2.28. The Balaban J connectivity index is 2.32. The van der Waals surface area contributed by atoms with Crippen molar-refractivity contribution in [1.29, 1.82) is 0 Å². The molecule has 0 radical (unpaired) electrons. The fourth-order valence-corrected chi connectivity index (χ4v) is 3.32. The maximum Gasteiger partial charge on any atom is 0.263 e. The molecule has 5 nitrogen and oxygen atoms in total. The van der Waals surface area contributed by atoms with Crippen molar-refractivity contribution in [2.75, 3.05) is 17.1 Å². The smallest absolute Gasteiger partial charge is 0.263 e. The third-order valence-electron chi connectivity index (χ3n) is 2.48. The summed E-state index contributed by atoms with van der Waals surface area (Å²) in [6.45, 7) is 0. The molecule has 0 spiro atoms. The fourth-order valence-electron chi connectivity index (χ4n) is 1.47. The maximum atomic E-state index is 12.3. The van der Waals surface area contributed by atoms with Crippen LogP contribution >= 0.6 is 31.9 Å². The van der Waals surface area contributed by atoms with Gasteiger partial charge in [0, 0.05) is 22.2 Å². The molecular weight excluding hydrogens is 410 g/mol. The summed E-state index contributed by atoms with van der Waals surface area (Å²) in [4.78, 5) is 4.09. The molecule has 0 aliphatic rings. The second kappa shape index (κ2) is 6.11. The van der Waals surface area contributed by atoms with Gasteiger partial charge in [-0.1, -0.05) is 15.9 Å². The van der Waals surface area contributed by atoms with Gasteiger partial charge in [0.25, 0.3) is 10.0 Å². The molecule has 8 heteroatoms. The van der Waals surface area contributed by atoms with Crippen molar-refractivity contribution in [2.45, 2.75) is 4.90 Å². The van der Waals surface area contributed by atoms with E-state index >= 15 is 0 Å². The molecule has 1 heterocycles. The summed E-state index contributed by atoms with van der Waals surface area (Å²) in [5.41, 5.74) is 0.456. The summed E-state index contributed by atoms with van der Waals surface area (Å²) >= 11 is 6.61. The van der Waals surface area contributed by atoms with Crippen LogP contribution in [0.2, 0.25) is 0 Å². The van der Waals surface area contributed by atoms with Gasteiger partial charge in [0.05, 0.1) is 5.69 Å². The molecule has 1 aromatic carbocycles. The van der Waals surface area contributed by atoms with Crippen LogP contribution in [-0.2, 0) is 10.0 Å². The molecule has 0 atom stereocenters. The summed E-state index contributed by atoms with van der Waals surface area (Å²) in [6.07, 6.45) is 1.31. The van der Waals surface area contributed by atoms with Gasteiger partial charge < -0.3 is 5.32 Å². The quantitative estimate of drug-likeness (QED) is 0.794. The number of hydrogen-bond acceptors (Lipinski definition) is 4. The van der Waals surface area contributed by atoms with Crippen molar-refractivity contribution < 1.29 is 8.42 Å². The van der Waals surface area contributed by atoms with Gasteiger partial charge in [0.1, 0.15) is 10.7 Å². The zero-order valence-corrected chi connectivity index (χ0v) is 14.4. The Kier molecular flexibility index (Phi) is 4.66. The third-order valence-corrected chi connectivity index (χ3v) is 5.01. The number of nitrogens with zero attached hydrogens (tertiary/aromatic N) is 1. The monoisotopic (exact) mass is 419 g/mol. The number of halogens is 2. The average molecular weight is 421 g/mol. The van der Waals surface area contributed by atoms with Crippen LogP contribution in [0.15, 0.2) is 50.4 Å². The van der Waals surface area contributed by atoms with Crippen LogP contribution in [0.3, 0.4) is 0 Å². The molecule has 20 heavy (non-hydrogen) atoms. The van der Waals surface area contributed by atoms with E-state index in [4.69, 9.17) is 0 Å². The van der Waals surface area contributed by atoms with Gasteiger partial charge in [-0.3, -0.25) is 4.72 Å². The lowest BCUT2D eigenvalue weighted by molar-refractivity contribution is 0.601. The van der Waals surface area contributed by atoms with Crippen molar-refractivity contribution in [3.05, 3.63) is 45.5 Å². The number of pyridine rings is 1. The standard InChI is InChI=1S/C12H11Br2N3O2S/c1-15-12-5-3-9(7-16-12)20(18,19)17-11-6-8(13)2-4-10(11)14/h2-7,17H,1H3,(H,15,16). The fraction of sp³-hybridized carbons (Fsp3) is 0.0833. The van der Waals surface area contributed by atoms with E-state index in [-0.39, 0.29) is 4.90 Å². The first-order valence-corrected chi connectivity index (χ1v) is 8.61. The molecule has 2 rings (SSSR count). The van der Waals surface area contributed by atoms with Crippen LogP contribution in [0, 0.1) is 0 Å². The summed E-state index contributed by atoms with van der Waals surface area (Å²) in [5.74, 6) is 0.604. The van der Waals surface area contributed by atoms with Crippen molar-refractivity contribution in [1.82, 2.24) is 4.98 Å². The number of benzene rings is 1. The number of sulfonamides is 1. The van der Waals surface area contributed by atoms with E-state index in [2.05, 4.69) is 46.9 Å². The first-order chi connectivity index (χ1) is 9.42. The van der Waals surface area contributed by atoms with Crippen molar-refractivity contribution in [3.8, 4) is 0 Å². The first-order valence-electron chi connectivity index (χ1n) is 5.54. The van der Waals surface area contributed by atoms with Crippen LogP contribution in [0.4, 0.5) is 11.5 Å². The van der Waals surface area contributed by atoms with E-state index in [1.54, 1.807) is 25.2 Å². The minimum absolute atomic E-state index is 0.100. The molecule has 0 amide bonds. The molecule has 2 N–H and O–H groups in total. The topological polar surface area (TPSA) is 71.1 Å². The minimum Gasteiger partial charge on any atom is -0.373 e. The predicted molar refractivity (Wildman–Crippen MR) is 86.4 cm³/mol. The molecule has 0 fully saturated rings. The number of anilines is 2. The van der Waals surface area contributed by atoms with Gasteiger partial charge in [-0.05, 0) is 46.3 Å². The highest BCUT2D eigenvalue weighted by atomic mass is 79.9. The molecule has 0 aliphatic carbocycles. The molecule has 106 valence electrons. The highest BCUT2D eigenvalue weighted by Gasteiger charge is 2.16. The van der Waals surface area contributed by atoms with E-state index in [1.807, 2.05) is 6.07 Å². The molecule has 2 aromatic rings. The van der Waals surface area contributed by atoms with E-state index in [0.717, 1.165) is 4.47 Å². The van der Waals surface area contributed by atoms with Crippen LogP contribution in [0.25, 0.3) is 0 Å². The summed E-state index contributed by atoms with van der Waals surface area (Å²) in [6, 6.07) is 8.34. The number of aromatic nitrogens is 1. The number of nitrogens with one attached hydrogen (secondary N) is 2. The molecule has 0 saturated heterocycles. The predicted octanol–water partition coefficient (Wildman–Crippen LogP) is 3.45. The Hall–Kier alpha value is -1.12. The van der Waals surface area contributed by atoms with Crippen LogP contribution in [0.1, 0.15) is 0 Å². The Labute approximate surface area is 134 Å². The number of hydrogen-bond donors (Lipinski definition) is 2. The van der Waals surface area contributed by atoms with E-state index in [9.17, 15) is 8.42 Å². The van der Waals surface area contributed by atoms with Crippen LogP contribution in [-0.4, -0.2) is 20.4 Å². The van der Waals surface area contributed by atoms with Crippen molar-refractivity contribution in [2.24, 2.45) is 0 Å². The van der Waals surface area contributed by atoms with E-state index in [1.165, 1.54) is 12.3 Å². The minimum atomic E-state index is -3.67. The summed E-state index contributed by atoms with van der Waals surface area (Å²) < 4.78 is 28.5. The second-order valence-electron chi connectivity index (χ2n) is 3.86. The Morgan fingerprint density at radius 1 is 1.15 bits per heavy atom. The largest absolute Gasteiger partial charge is 0.373 e. The van der Waals surface area contributed by atoms with Crippen molar-refractivity contribution in [3.63, 3.8) is 0 Å². The lowest BCUT2D eigenvalue weighted by Gasteiger charge is -2.10. The van der Waals surface area contributed by atoms with Crippen LogP contribution < -0.4 is 10.0 Å². The van der Waals surface area contributed by atoms with E-state index in [0.29, 0.717) is 16.0 Å². The van der Waals surface area contributed by atoms with Gasteiger partial charge in [0.2, 0.25) is 0 Å².